The summed E-state index contributed by atoms with van der Waals surface area (Å²) in [6.45, 7) is 4.08. The molecule has 0 aromatic carbocycles. The van der Waals surface area contributed by atoms with Gasteiger partial charge in [-0.25, -0.2) is 0 Å². The van der Waals surface area contributed by atoms with Crippen LogP contribution in [0.4, 0.5) is 13.2 Å². The highest BCUT2D eigenvalue weighted by Gasteiger charge is 2.38. The molecule has 0 saturated carbocycles. The highest BCUT2D eigenvalue weighted by molar-refractivity contribution is 9.09. The molecule has 0 rings (SSSR count). The van der Waals surface area contributed by atoms with Crippen LogP contribution in [0.25, 0.3) is 0 Å². The van der Waals surface area contributed by atoms with Crippen LogP contribution in [-0.4, -0.2) is 46.7 Å². The SMILES string of the molecule is CC(C)N(CCCO)CC(Br)C(F)(F)F. The van der Waals surface area contributed by atoms with Crippen LogP contribution in [0.3, 0.4) is 0 Å². The maximum absolute atomic E-state index is 12.3. The van der Waals surface area contributed by atoms with Crippen LogP contribution in [0.2, 0.25) is 0 Å². The van der Waals surface area contributed by atoms with E-state index in [-0.39, 0.29) is 19.2 Å². The van der Waals surface area contributed by atoms with Crippen molar-refractivity contribution in [1.82, 2.24) is 4.90 Å². The van der Waals surface area contributed by atoms with E-state index in [1.54, 1.807) is 4.90 Å². The van der Waals surface area contributed by atoms with E-state index in [4.69, 9.17) is 5.11 Å². The van der Waals surface area contributed by atoms with Gasteiger partial charge in [0.15, 0.2) is 0 Å². The van der Waals surface area contributed by atoms with Gasteiger partial charge in [-0.05, 0) is 20.3 Å². The first-order valence-corrected chi connectivity index (χ1v) is 5.76. The van der Waals surface area contributed by atoms with Crippen molar-refractivity contribution < 1.29 is 18.3 Å². The molecule has 2 nitrogen and oxygen atoms in total. The average molecular weight is 292 g/mol. The van der Waals surface area contributed by atoms with Gasteiger partial charge in [0.1, 0.15) is 4.83 Å². The van der Waals surface area contributed by atoms with E-state index in [1.165, 1.54) is 0 Å². The quantitative estimate of drug-likeness (QED) is 0.760. The van der Waals surface area contributed by atoms with Gasteiger partial charge in [-0.15, -0.1) is 0 Å². The molecule has 0 radical (unpaired) electrons. The molecule has 1 unspecified atom stereocenters. The molecule has 0 aliphatic heterocycles. The number of rotatable bonds is 6. The number of hydrogen-bond acceptors (Lipinski definition) is 2. The van der Waals surface area contributed by atoms with Gasteiger partial charge in [0.05, 0.1) is 0 Å². The molecule has 92 valence electrons. The lowest BCUT2D eigenvalue weighted by atomic mass is 10.2. The van der Waals surface area contributed by atoms with Crippen LogP contribution in [0, 0.1) is 0 Å². The summed E-state index contributed by atoms with van der Waals surface area (Å²) in [6, 6.07) is 0.0407. The van der Waals surface area contributed by atoms with E-state index in [0.29, 0.717) is 13.0 Å². The summed E-state index contributed by atoms with van der Waals surface area (Å²) in [5.41, 5.74) is 0. The maximum Gasteiger partial charge on any atom is 0.402 e. The molecule has 0 saturated heterocycles. The van der Waals surface area contributed by atoms with Crippen molar-refractivity contribution in [1.29, 1.82) is 0 Å². The largest absolute Gasteiger partial charge is 0.402 e. The lowest BCUT2D eigenvalue weighted by Gasteiger charge is -2.29. The Hall–Kier alpha value is 0.190. The van der Waals surface area contributed by atoms with Gasteiger partial charge in [-0.3, -0.25) is 4.90 Å². The first kappa shape index (κ1) is 15.2. The van der Waals surface area contributed by atoms with Crippen molar-refractivity contribution in [3.63, 3.8) is 0 Å². The van der Waals surface area contributed by atoms with Gasteiger partial charge < -0.3 is 5.11 Å². The zero-order valence-corrected chi connectivity index (χ0v) is 10.5. The van der Waals surface area contributed by atoms with Gasteiger partial charge in [0.2, 0.25) is 0 Å². The monoisotopic (exact) mass is 291 g/mol. The topological polar surface area (TPSA) is 23.5 Å². The average Bonchev–Trinajstić information content (AvgIpc) is 2.09. The van der Waals surface area contributed by atoms with Crippen LogP contribution in [0.5, 0.6) is 0 Å². The van der Waals surface area contributed by atoms with E-state index in [0.717, 1.165) is 0 Å². The third kappa shape index (κ3) is 6.37. The Balaban J connectivity index is 4.16. The van der Waals surface area contributed by atoms with Gasteiger partial charge in [-0.2, -0.15) is 13.2 Å². The number of aliphatic hydroxyl groups excluding tert-OH is 1. The number of aliphatic hydroxyl groups is 1. The molecule has 0 aromatic heterocycles. The zero-order valence-electron chi connectivity index (χ0n) is 8.89. The van der Waals surface area contributed by atoms with Crippen LogP contribution in [-0.2, 0) is 0 Å². The first-order valence-electron chi connectivity index (χ1n) is 4.84. The van der Waals surface area contributed by atoms with Crippen molar-refractivity contribution in [3.8, 4) is 0 Å². The molecule has 0 amide bonds. The third-order valence-corrected chi connectivity index (χ3v) is 2.89. The molecule has 0 bridgehead atoms. The standard InChI is InChI=1S/C9H17BrF3NO/c1-7(2)14(4-3-5-15)6-8(10)9(11,12)13/h7-8,15H,3-6H2,1-2H3. The second-order valence-electron chi connectivity index (χ2n) is 3.67. The Bertz CT molecular complexity index is 175. The summed E-state index contributed by atoms with van der Waals surface area (Å²) in [5, 5.41) is 8.63. The number of nitrogens with zero attached hydrogens (tertiary/aromatic N) is 1. The molecule has 0 aliphatic carbocycles. The summed E-state index contributed by atoms with van der Waals surface area (Å²) >= 11 is 2.63. The van der Waals surface area contributed by atoms with Gasteiger partial charge in [0, 0.05) is 25.7 Å². The second-order valence-corrected chi connectivity index (χ2v) is 4.78. The number of alkyl halides is 4. The molecule has 1 N–H and O–H groups in total. The normalized spacial score (nSPS) is 15.0. The summed E-state index contributed by atoms with van der Waals surface area (Å²) in [7, 11) is 0. The Labute approximate surface area is 96.6 Å². The fourth-order valence-electron chi connectivity index (χ4n) is 1.14. The highest BCUT2D eigenvalue weighted by Crippen LogP contribution is 2.27. The molecule has 0 fully saturated rings. The first-order chi connectivity index (χ1) is 6.79. The number of halogens is 4. The zero-order chi connectivity index (χ0) is 12.1. The summed E-state index contributed by atoms with van der Waals surface area (Å²) in [5.74, 6) is 0. The molecule has 15 heavy (non-hydrogen) atoms. The summed E-state index contributed by atoms with van der Waals surface area (Å²) < 4.78 is 36.8. The van der Waals surface area contributed by atoms with E-state index < -0.39 is 11.0 Å². The Morgan fingerprint density at radius 3 is 2.20 bits per heavy atom. The Kier molecular flexibility index (Phi) is 6.79. The van der Waals surface area contributed by atoms with Crippen molar-refractivity contribution in [2.24, 2.45) is 0 Å². The molecule has 0 spiro atoms. The minimum Gasteiger partial charge on any atom is -0.396 e. The molecule has 6 heteroatoms. The molecule has 0 heterocycles. The van der Waals surface area contributed by atoms with E-state index in [2.05, 4.69) is 15.9 Å². The van der Waals surface area contributed by atoms with Crippen molar-refractivity contribution in [3.05, 3.63) is 0 Å². The fourth-order valence-corrected chi connectivity index (χ4v) is 1.52. The van der Waals surface area contributed by atoms with Gasteiger partial charge in [0.25, 0.3) is 0 Å². The minimum absolute atomic E-state index is 0.00217. The Morgan fingerprint density at radius 2 is 1.87 bits per heavy atom. The van der Waals surface area contributed by atoms with Crippen molar-refractivity contribution >= 4 is 15.9 Å². The summed E-state index contributed by atoms with van der Waals surface area (Å²) in [4.78, 5) is 0.189. The predicted molar refractivity (Wildman–Crippen MR) is 57.2 cm³/mol. The molecule has 0 aromatic rings. The highest BCUT2D eigenvalue weighted by atomic mass is 79.9. The lowest BCUT2D eigenvalue weighted by Crippen LogP contribution is -2.41. The second kappa shape index (κ2) is 6.70. The minimum atomic E-state index is -4.22. The molecule has 0 aliphatic rings. The molecule has 1 atom stereocenters. The van der Waals surface area contributed by atoms with Gasteiger partial charge in [-0.1, -0.05) is 15.9 Å². The summed E-state index contributed by atoms with van der Waals surface area (Å²) in [6.07, 6.45) is -3.72. The van der Waals surface area contributed by atoms with Crippen LogP contribution >= 0.6 is 15.9 Å². The smallest absolute Gasteiger partial charge is 0.396 e. The third-order valence-electron chi connectivity index (χ3n) is 2.08. The number of hydrogen-bond donors (Lipinski definition) is 1. The van der Waals surface area contributed by atoms with E-state index in [9.17, 15) is 13.2 Å². The molecular weight excluding hydrogens is 275 g/mol. The van der Waals surface area contributed by atoms with Crippen LogP contribution in [0.15, 0.2) is 0 Å². The Morgan fingerprint density at radius 1 is 1.33 bits per heavy atom. The van der Waals surface area contributed by atoms with Crippen molar-refractivity contribution in [2.75, 3.05) is 19.7 Å². The fraction of sp³-hybridized carbons (Fsp3) is 1.00. The van der Waals surface area contributed by atoms with Crippen molar-refractivity contribution in [2.45, 2.75) is 37.3 Å². The lowest BCUT2D eigenvalue weighted by molar-refractivity contribution is -0.131. The van der Waals surface area contributed by atoms with E-state index >= 15 is 0 Å². The van der Waals surface area contributed by atoms with Crippen LogP contribution < -0.4 is 0 Å². The maximum atomic E-state index is 12.3. The van der Waals surface area contributed by atoms with Gasteiger partial charge >= 0.3 is 6.18 Å². The molecular formula is C9H17BrF3NO. The van der Waals surface area contributed by atoms with Crippen LogP contribution in [0.1, 0.15) is 20.3 Å². The predicted octanol–water partition coefficient (Wildman–Crippen LogP) is 2.41. The van der Waals surface area contributed by atoms with E-state index in [1.807, 2.05) is 13.8 Å².